The molecular weight excluding hydrogens is 263 g/mol. The Balaban J connectivity index is 0. The average Bonchev–Trinajstić information content (AvgIpc) is 2.13. The van der Waals surface area contributed by atoms with E-state index in [9.17, 15) is 18.0 Å². The molecule has 0 amide bonds. The van der Waals surface area contributed by atoms with Crippen LogP contribution in [0.4, 0.5) is 0 Å². The van der Waals surface area contributed by atoms with Crippen molar-refractivity contribution in [2.24, 2.45) is 0 Å². The van der Waals surface area contributed by atoms with Crippen LogP contribution in [0, 0.1) is 0 Å². The van der Waals surface area contributed by atoms with Gasteiger partial charge < -0.3 is 9.47 Å². The van der Waals surface area contributed by atoms with Gasteiger partial charge in [0.2, 0.25) is 0 Å². The van der Waals surface area contributed by atoms with E-state index in [0.29, 0.717) is 0 Å². The van der Waals surface area contributed by atoms with Crippen LogP contribution in [0.25, 0.3) is 0 Å². The molecule has 0 rings (SSSR count). The minimum Gasteiger partial charge on any atom is -0.466 e. The van der Waals surface area contributed by atoms with Crippen molar-refractivity contribution in [2.75, 3.05) is 13.2 Å². The van der Waals surface area contributed by atoms with E-state index >= 15 is 0 Å². The molecule has 0 aromatic rings. The van der Waals surface area contributed by atoms with Gasteiger partial charge >= 0.3 is 11.9 Å². The number of rotatable bonds is 6. The van der Waals surface area contributed by atoms with Gasteiger partial charge in [-0.15, -0.1) is 0 Å². The van der Waals surface area contributed by atoms with E-state index in [4.69, 9.17) is 4.55 Å². The molecule has 1 radical (unpaired) electrons. The molecule has 7 nitrogen and oxygen atoms in total. The van der Waals surface area contributed by atoms with Gasteiger partial charge in [0.1, 0.15) is 0 Å². The van der Waals surface area contributed by atoms with E-state index in [1.807, 2.05) is 0 Å². The van der Waals surface area contributed by atoms with E-state index in [2.05, 4.69) is 9.47 Å². The Hall–Kier alpha value is -0.150. The summed E-state index contributed by atoms with van der Waals surface area (Å²) in [6, 6.07) is 0. The first kappa shape index (κ1) is 19.2. The topological polar surface area (TPSA) is 107 Å². The van der Waals surface area contributed by atoms with Crippen LogP contribution >= 0.6 is 0 Å². The van der Waals surface area contributed by atoms with Crippen molar-refractivity contribution < 1.29 is 32.0 Å². The molecule has 0 spiro atoms. The number of carbonyl (C=O) groups excluding carboxylic acids is 2. The first-order chi connectivity index (χ1) is 7.32. The third-order valence-electron chi connectivity index (χ3n) is 1.57. The van der Waals surface area contributed by atoms with Crippen LogP contribution in [0.1, 0.15) is 20.3 Å². The van der Waals surface area contributed by atoms with Crippen molar-refractivity contribution in [3.05, 3.63) is 0 Å². The van der Waals surface area contributed by atoms with E-state index in [1.165, 1.54) is 13.8 Å². The van der Waals surface area contributed by atoms with Crippen molar-refractivity contribution in [1.82, 2.24) is 0 Å². The maximum Gasteiger partial charge on any atom is 0.327 e. The molecule has 0 aliphatic heterocycles. The molecule has 1 N–H and O–H groups in total. The molecule has 9 heteroatoms. The Labute approximate surface area is 122 Å². The minimum atomic E-state index is -4.68. The van der Waals surface area contributed by atoms with Crippen LogP contribution in [0.5, 0.6) is 0 Å². The summed E-state index contributed by atoms with van der Waals surface area (Å²) in [5, 5.41) is -1.92. The van der Waals surface area contributed by atoms with E-state index < -0.39 is 33.7 Å². The maximum absolute atomic E-state index is 11.2. The first-order valence-corrected chi connectivity index (χ1v) is 6.11. The first-order valence-electron chi connectivity index (χ1n) is 4.61. The summed E-state index contributed by atoms with van der Waals surface area (Å²) in [4.78, 5) is 22.2. The summed E-state index contributed by atoms with van der Waals surface area (Å²) in [7, 11) is -4.68. The van der Waals surface area contributed by atoms with Crippen LogP contribution in [0.2, 0.25) is 0 Å². The van der Waals surface area contributed by atoms with E-state index in [-0.39, 0.29) is 42.8 Å². The SMILES string of the molecule is CCOC(=O)CC(C(=O)OCC)S(=O)(=O)O.[Na]. The maximum atomic E-state index is 11.2. The second-order valence-electron chi connectivity index (χ2n) is 2.76. The quantitative estimate of drug-likeness (QED) is 0.391. The fraction of sp³-hybridized carbons (Fsp3) is 0.750. The van der Waals surface area contributed by atoms with Gasteiger partial charge in [0.05, 0.1) is 19.6 Å². The van der Waals surface area contributed by atoms with Crippen LogP contribution < -0.4 is 0 Å². The molecule has 1 atom stereocenters. The second kappa shape index (κ2) is 8.87. The molecule has 0 aromatic heterocycles. The van der Waals surface area contributed by atoms with Gasteiger partial charge in [-0.2, -0.15) is 8.42 Å². The Kier molecular flexibility index (Phi) is 10.0. The minimum absolute atomic E-state index is 0. The monoisotopic (exact) mass is 277 g/mol. The van der Waals surface area contributed by atoms with Crippen molar-refractivity contribution in [3.63, 3.8) is 0 Å². The predicted molar refractivity (Wildman–Crippen MR) is 59.0 cm³/mol. The number of hydrogen-bond donors (Lipinski definition) is 1. The summed E-state index contributed by atoms with van der Waals surface area (Å²) in [5.74, 6) is -2.06. The fourth-order valence-corrected chi connectivity index (χ4v) is 1.57. The summed E-state index contributed by atoms with van der Waals surface area (Å²) < 4.78 is 39.3. The zero-order chi connectivity index (χ0) is 12.8. The van der Waals surface area contributed by atoms with Crippen molar-refractivity contribution >= 4 is 51.6 Å². The standard InChI is InChI=1S/C8H14O7S.Na/c1-3-14-7(9)5-6(16(11,12)13)8(10)15-4-2;/h6H,3-5H2,1-2H3,(H,11,12,13);. The summed E-state index contributed by atoms with van der Waals surface area (Å²) in [6.07, 6.45) is -0.758. The summed E-state index contributed by atoms with van der Waals surface area (Å²) in [5.41, 5.74) is 0. The third kappa shape index (κ3) is 7.72. The molecule has 1 unspecified atom stereocenters. The van der Waals surface area contributed by atoms with Gasteiger partial charge in [-0.3, -0.25) is 14.1 Å². The Morgan fingerprint density at radius 2 is 1.65 bits per heavy atom. The molecule has 0 aliphatic carbocycles. The fourth-order valence-electron chi connectivity index (χ4n) is 0.917. The summed E-state index contributed by atoms with van der Waals surface area (Å²) in [6.45, 7) is 3.02. The Morgan fingerprint density at radius 1 is 1.18 bits per heavy atom. The van der Waals surface area contributed by atoms with Gasteiger partial charge in [-0.25, -0.2) is 0 Å². The average molecular weight is 277 g/mol. The number of hydrogen-bond acceptors (Lipinski definition) is 6. The zero-order valence-electron chi connectivity index (χ0n) is 10.0. The number of esters is 2. The molecule has 0 aromatic carbocycles. The van der Waals surface area contributed by atoms with Gasteiger partial charge in [0, 0.05) is 29.6 Å². The molecule has 0 saturated heterocycles. The molecule has 0 heterocycles. The van der Waals surface area contributed by atoms with Gasteiger partial charge in [0.25, 0.3) is 10.1 Å². The van der Waals surface area contributed by atoms with Gasteiger partial charge in [-0.05, 0) is 13.8 Å². The molecular formula is C8H14NaO7S. The number of ether oxygens (including phenoxy) is 2. The largest absolute Gasteiger partial charge is 0.466 e. The van der Waals surface area contributed by atoms with Crippen LogP contribution in [0.3, 0.4) is 0 Å². The molecule has 0 bridgehead atoms. The van der Waals surface area contributed by atoms with E-state index in [0.717, 1.165) is 0 Å². The molecule has 0 fully saturated rings. The Bertz CT molecular complexity index is 351. The van der Waals surface area contributed by atoms with Crippen LogP contribution in [0.15, 0.2) is 0 Å². The van der Waals surface area contributed by atoms with Gasteiger partial charge in [0.15, 0.2) is 5.25 Å². The van der Waals surface area contributed by atoms with E-state index in [1.54, 1.807) is 0 Å². The van der Waals surface area contributed by atoms with Crippen molar-refractivity contribution in [3.8, 4) is 0 Å². The second-order valence-corrected chi connectivity index (χ2v) is 4.36. The van der Waals surface area contributed by atoms with Crippen molar-refractivity contribution in [2.45, 2.75) is 25.5 Å². The van der Waals surface area contributed by atoms with Gasteiger partial charge in [-0.1, -0.05) is 0 Å². The Morgan fingerprint density at radius 3 is 2.00 bits per heavy atom. The third-order valence-corrected chi connectivity index (χ3v) is 2.64. The van der Waals surface area contributed by atoms with Crippen LogP contribution in [-0.4, -0.2) is 72.9 Å². The molecule has 0 saturated carbocycles. The van der Waals surface area contributed by atoms with Crippen LogP contribution in [-0.2, 0) is 29.2 Å². The zero-order valence-corrected chi connectivity index (χ0v) is 12.8. The normalized spacial score (nSPS) is 12.2. The van der Waals surface area contributed by atoms with Crippen molar-refractivity contribution in [1.29, 1.82) is 0 Å². The molecule has 17 heavy (non-hydrogen) atoms. The molecule has 0 aliphatic rings. The summed E-state index contributed by atoms with van der Waals surface area (Å²) >= 11 is 0. The smallest absolute Gasteiger partial charge is 0.327 e. The predicted octanol–water partition coefficient (Wildman–Crippen LogP) is -0.622. The number of carbonyl (C=O) groups is 2. The molecule has 95 valence electrons.